The van der Waals surface area contributed by atoms with Crippen LogP contribution in [-0.2, 0) is 13.2 Å². The average molecular weight is 426 g/mol. The molecule has 4 nitrogen and oxygen atoms in total. The maximum Gasteiger partial charge on any atom is 0.335 e. The van der Waals surface area contributed by atoms with Gasteiger partial charge in [0.15, 0.2) is 0 Å². The minimum Gasteiger partial charge on any atom is -0.489 e. The molecule has 0 bridgehead atoms. The molecule has 3 rings (SSSR count). The first kappa shape index (κ1) is 19.0. The number of rotatable bonds is 7. The van der Waals surface area contributed by atoms with Crippen LogP contribution in [0.1, 0.15) is 27.0 Å². The second kappa shape index (κ2) is 8.73. The Morgan fingerprint density at radius 3 is 2.59 bits per heavy atom. The van der Waals surface area contributed by atoms with Crippen LogP contribution in [0.4, 0.5) is 5.69 Å². The molecule has 0 aromatic heterocycles. The lowest BCUT2D eigenvalue weighted by molar-refractivity contribution is 0.0697. The van der Waals surface area contributed by atoms with Crippen LogP contribution in [0, 0.1) is 6.92 Å². The van der Waals surface area contributed by atoms with E-state index in [4.69, 9.17) is 4.74 Å². The van der Waals surface area contributed by atoms with Gasteiger partial charge >= 0.3 is 5.97 Å². The summed E-state index contributed by atoms with van der Waals surface area (Å²) in [6.45, 7) is 2.96. The molecule has 0 aliphatic carbocycles. The number of carbonyl (C=O) groups is 1. The van der Waals surface area contributed by atoms with Crippen molar-refractivity contribution in [1.29, 1.82) is 0 Å². The van der Waals surface area contributed by atoms with Gasteiger partial charge < -0.3 is 15.2 Å². The van der Waals surface area contributed by atoms with Crippen molar-refractivity contribution in [2.75, 3.05) is 5.32 Å². The molecule has 0 aliphatic rings. The number of anilines is 1. The van der Waals surface area contributed by atoms with E-state index in [9.17, 15) is 9.90 Å². The smallest absolute Gasteiger partial charge is 0.335 e. The van der Waals surface area contributed by atoms with Crippen molar-refractivity contribution in [1.82, 2.24) is 0 Å². The van der Waals surface area contributed by atoms with Gasteiger partial charge in [-0.15, -0.1) is 0 Å². The maximum atomic E-state index is 11.2. The fourth-order valence-electron chi connectivity index (χ4n) is 2.70. The number of aryl methyl sites for hydroxylation is 1. The summed E-state index contributed by atoms with van der Waals surface area (Å²) in [4.78, 5) is 11.2. The first-order valence-electron chi connectivity index (χ1n) is 8.56. The zero-order chi connectivity index (χ0) is 19.2. The minimum atomic E-state index is -0.938. The van der Waals surface area contributed by atoms with Gasteiger partial charge in [0, 0.05) is 22.3 Å². The second-order valence-electron chi connectivity index (χ2n) is 6.21. The Balaban J connectivity index is 1.75. The molecular formula is C22H20BrNO3. The molecule has 3 aromatic carbocycles. The predicted molar refractivity (Wildman–Crippen MR) is 110 cm³/mol. The maximum absolute atomic E-state index is 11.2. The Kier molecular flexibility index (Phi) is 6.14. The van der Waals surface area contributed by atoms with Gasteiger partial charge in [0.1, 0.15) is 12.4 Å². The highest BCUT2D eigenvalue weighted by atomic mass is 79.9. The highest BCUT2D eigenvalue weighted by molar-refractivity contribution is 9.10. The molecule has 2 N–H and O–H groups in total. The summed E-state index contributed by atoms with van der Waals surface area (Å²) in [5.74, 6) is -0.144. The van der Waals surface area contributed by atoms with Crippen molar-refractivity contribution in [3.8, 4) is 5.75 Å². The molecule has 0 spiro atoms. The van der Waals surface area contributed by atoms with Gasteiger partial charge in [-0.05, 0) is 48.4 Å². The Morgan fingerprint density at radius 1 is 1.07 bits per heavy atom. The van der Waals surface area contributed by atoms with Gasteiger partial charge in [-0.3, -0.25) is 0 Å². The van der Waals surface area contributed by atoms with Gasteiger partial charge in [0.05, 0.1) is 5.56 Å². The highest BCUT2D eigenvalue weighted by Crippen LogP contribution is 2.26. The minimum absolute atomic E-state index is 0.262. The standard InChI is InChI=1S/C22H20BrNO3/c1-15-7-8-17(22(25)26)12-20(15)24-13-18-11-19(23)9-10-21(18)27-14-16-5-3-2-4-6-16/h2-12,24H,13-14H2,1H3,(H,25,26). The Morgan fingerprint density at radius 2 is 1.85 bits per heavy atom. The summed E-state index contributed by atoms with van der Waals surface area (Å²) < 4.78 is 6.96. The summed E-state index contributed by atoms with van der Waals surface area (Å²) in [6, 6.07) is 21.0. The number of nitrogens with one attached hydrogen (secondary N) is 1. The van der Waals surface area contributed by atoms with Gasteiger partial charge in [-0.2, -0.15) is 0 Å². The molecular weight excluding hydrogens is 406 g/mol. The molecule has 138 valence electrons. The number of aromatic carboxylic acids is 1. The Bertz CT molecular complexity index is 942. The zero-order valence-electron chi connectivity index (χ0n) is 14.9. The third-order valence-corrected chi connectivity index (χ3v) is 4.71. The van der Waals surface area contributed by atoms with Crippen molar-refractivity contribution in [3.05, 3.63) is 93.5 Å². The quantitative estimate of drug-likeness (QED) is 0.513. The number of ether oxygens (including phenoxy) is 1. The molecule has 0 amide bonds. The fourth-order valence-corrected chi connectivity index (χ4v) is 3.11. The van der Waals surface area contributed by atoms with Gasteiger partial charge in [0.2, 0.25) is 0 Å². The van der Waals surface area contributed by atoms with E-state index in [-0.39, 0.29) is 5.56 Å². The molecule has 0 unspecified atom stereocenters. The van der Waals surface area contributed by atoms with E-state index in [0.717, 1.165) is 32.6 Å². The first-order valence-corrected chi connectivity index (χ1v) is 9.35. The summed E-state index contributed by atoms with van der Waals surface area (Å²) in [7, 11) is 0. The van der Waals surface area contributed by atoms with Crippen LogP contribution >= 0.6 is 15.9 Å². The number of halogens is 1. The van der Waals surface area contributed by atoms with E-state index in [1.807, 2.05) is 55.5 Å². The van der Waals surface area contributed by atoms with Crippen LogP contribution in [0.2, 0.25) is 0 Å². The van der Waals surface area contributed by atoms with Crippen molar-refractivity contribution in [2.24, 2.45) is 0 Å². The molecule has 27 heavy (non-hydrogen) atoms. The van der Waals surface area contributed by atoms with Crippen molar-refractivity contribution < 1.29 is 14.6 Å². The van der Waals surface area contributed by atoms with Gasteiger partial charge in [-0.25, -0.2) is 4.79 Å². The summed E-state index contributed by atoms with van der Waals surface area (Å²) in [5.41, 5.74) is 4.13. The second-order valence-corrected chi connectivity index (χ2v) is 7.13. The number of hydrogen-bond acceptors (Lipinski definition) is 3. The highest BCUT2D eigenvalue weighted by Gasteiger charge is 2.09. The average Bonchev–Trinajstić information content (AvgIpc) is 2.67. The van der Waals surface area contributed by atoms with Crippen molar-refractivity contribution >= 4 is 27.6 Å². The predicted octanol–water partition coefficient (Wildman–Crippen LogP) is 5.65. The van der Waals surface area contributed by atoms with Crippen LogP contribution in [-0.4, -0.2) is 11.1 Å². The SMILES string of the molecule is Cc1ccc(C(=O)O)cc1NCc1cc(Br)ccc1OCc1ccccc1. The van der Waals surface area contributed by atoms with Crippen molar-refractivity contribution in [3.63, 3.8) is 0 Å². The lowest BCUT2D eigenvalue weighted by Crippen LogP contribution is -2.06. The molecule has 0 fully saturated rings. The fraction of sp³-hybridized carbons (Fsp3) is 0.136. The molecule has 0 aliphatic heterocycles. The van der Waals surface area contributed by atoms with E-state index in [1.54, 1.807) is 18.2 Å². The first-order chi connectivity index (χ1) is 13.0. The molecule has 3 aromatic rings. The van der Waals surface area contributed by atoms with Crippen LogP contribution in [0.15, 0.2) is 71.2 Å². The van der Waals surface area contributed by atoms with E-state index >= 15 is 0 Å². The largest absolute Gasteiger partial charge is 0.489 e. The third kappa shape index (κ3) is 5.11. The molecule has 0 atom stereocenters. The van der Waals surface area contributed by atoms with Gasteiger partial charge in [0.25, 0.3) is 0 Å². The van der Waals surface area contributed by atoms with Crippen LogP contribution < -0.4 is 10.1 Å². The monoisotopic (exact) mass is 425 g/mol. The van der Waals surface area contributed by atoms with Crippen molar-refractivity contribution in [2.45, 2.75) is 20.1 Å². The number of carboxylic acids is 1. The lowest BCUT2D eigenvalue weighted by Gasteiger charge is -2.15. The van der Waals surface area contributed by atoms with Crippen LogP contribution in [0.5, 0.6) is 5.75 Å². The summed E-state index contributed by atoms with van der Waals surface area (Å²) >= 11 is 3.50. The van der Waals surface area contributed by atoms with E-state index in [1.165, 1.54) is 0 Å². The van der Waals surface area contributed by atoms with E-state index in [2.05, 4.69) is 21.2 Å². The van der Waals surface area contributed by atoms with Gasteiger partial charge in [-0.1, -0.05) is 52.3 Å². The zero-order valence-corrected chi connectivity index (χ0v) is 16.5. The Hall–Kier alpha value is -2.79. The number of benzene rings is 3. The molecule has 5 heteroatoms. The molecule has 0 radical (unpaired) electrons. The van der Waals surface area contributed by atoms with E-state index in [0.29, 0.717) is 13.2 Å². The molecule has 0 saturated heterocycles. The third-order valence-electron chi connectivity index (χ3n) is 4.21. The molecule has 0 heterocycles. The van der Waals surface area contributed by atoms with Crippen LogP contribution in [0.25, 0.3) is 0 Å². The van der Waals surface area contributed by atoms with Crippen LogP contribution in [0.3, 0.4) is 0 Å². The van der Waals surface area contributed by atoms with E-state index < -0.39 is 5.97 Å². The number of carboxylic acid groups (broad SMARTS) is 1. The summed E-state index contributed by atoms with van der Waals surface area (Å²) in [5, 5.41) is 12.5. The molecule has 0 saturated carbocycles. The Labute approximate surface area is 166 Å². The topological polar surface area (TPSA) is 58.6 Å². The lowest BCUT2D eigenvalue weighted by atomic mass is 10.1. The number of hydrogen-bond donors (Lipinski definition) is 2. The summed E-state index contributed by atoms with van der Waals surface area (Å²) in [6.07, 6.45) is 0. The normalized spacial score (nSPS) is 10.4.